The summed E-state index contributed by atoms with van der Waals surface area (Å²) in [5.74, 6) is -0.850. The highest BCUT2D eigenvalue weighted by atomic mass is 16.4. The van der Waals surface area contributed by atoms with Gasteiger partial charge in [0.05, 0.1) is 6.54 Å². The highest BCUT2D eigenvalue weighted by Gasteiger charge is 2.09. The topological polar surface area (TPSA) is 72.4 Å². The highest BCUT2D eigenvalue weighted by Crippen LogP contribution is 2.10. The van der Waals surface area contributed by atoms with E-state index in [4.69, 9.17) is 9.52 Å². The maximum Gasteiger partial charge on any atom is 0.371 e. The van der Waals surface area contributed by atoms with Crippen LogP contribution in [0.2, 0.25) is 0 Å². The predicted octanol–water partition coefficient (Wildman–Crippen LogP) is 3.36. The van der Waals surface area contributed by atoms with Crippen LogP contribution in [0.25, 0.3) is 12.2 Å². The smallest absolute Gasteiger partial charge is 0.371 e. The number of furan rings is 1. The van der Waals surface area contributed by atoms with E-state index < -0.39 is 5.97 Å². The fourth-order valence-corrected chi connectivity index (χ4v) is 2.26. The van der Waals surface area contributed by atoms with E-state index >= 15 is 0 Å². The zero-order chi connectivity index (χ0) is 16.9. The quantitative estimate of drug-likeness (QED) is 0.782. The maximum atomic E-state index is 12.2. The molecule has 3 rings (SSSR count). The number of rotatable bonds is 5. The molecule has 5 nitrogen and oxygen atoms in total. The Morgan fingerprint density at radius 1 is 1.04 bits per heavy atom. The van der Waals surface area contributed by atoms with Crippen LogP contribution in [0, 0.1) is 0 Å². The van der Waals surface area contributed by atoms with E-state index in [2.05, 4.69) is 0 Å². The van der Waals surface area contributed by atoms with Gasteiger partial charge in [0.1, 0.15) is 5.76 Å². The molecule has 3 aromatic rings. The van der Waals surface area contributed by atoms with Gasteiger partial charge in [-0.1, -0.05) is 42.5 Å². The van der Waals surface area contributed by atoms with Crippen LogP contribution in [0.3, 0.4) is 0 Å². The molecule has 0 aliphatic rings. The van der Waals surface area contributed by atoms with Crippen molar-refractivity contribution in [3.05, 3.63) is 93.8 Å². The normalized spacial score (nSPS) is 11.0. The first-order valence-corrected chi connectivity index (χ1v) is 7.37. The van der Waals surface area contributed by atoms with E-state index in [0.29, 0.717) is 5.76 Å². The molecule has 0 atom stereocenters. The zero-order valence-electron chi connectivity index (χ0n) is 12.8. The van der Waals surface area contributed by atoms with Crippen LogP contribution < -0.4 is 5.56 Å². The molecule has 0 bridgehead atoms. The van der Waals surface area contributed by atoms with Crippen LogP contribution in [0.15, 0.2) is 70.0 Å². The van der Waals surface area contributed by atoms with Crippen LogP contribution in [0.5, 0.6) is 0 Å². The average Bonchev–Trinajstić information content (AvgIpc) is 3.05. The molecule has 1 aromatic carbocycles. The van der Waals surface area contributed by atoms with Gasteiger partial charge < -0.3 is 14.1 Å². The summed E-state index contributed by atoms with van der Waals surface area (Å²) in [5.41, 5.74) is 1.67. The first-order valence-electron chi connectivity index (χ1n) is 7.37. The second kappa shape index (κ2) is 6.83. The standard InChI is InChI=1S/C19H15NO4/c21-18-12-15(7-6-14-4-2-1-3-5-14)10-11-20(18)13-16-8-9-17(24-16)19(22)23/h1-12H,13H2,(H,22,23)/b7-6+. The lowest BCUT2D eigenvalue weighted by molar-refractivity contribution is 0.0660. The fourth-order valence-electron chi connectivity index (χ4n) is 2.26. The number of carboxylic acid groups (broad SMARTS) is 1. The molecular weight excluding hydrogens is 306 g/mol. The third-order valence-electron chi connectivity index (χ3n) is 3.49. The van der Waals surface area contributed by atoms with Crippen molar-refractivity contribution in [3.63, 3.8) is 0 Å². The molecule has 0 amide bonds. The number of pyridine rings is 1. The second-order valence-electron chi connectivity index (χ2n) is 5.24. The molecular formula is C19H15NO4. The summed E-state index contributed by atoms with van der Waals surface area (Å²) in [5, 5.41) is 8.84. The van der Waals surface area contributed by atoms with Crippen molar-refractivity contribution >= 4 is 18.1 Å². The molecule has 2 aromatic heterocycles. The number of aromatic carboxylic acids is 1. The minimum Gasteiger partial charge on any atom is -0.475 e. The Kier molecular flexibility index (Phi) is 4.43. The minimum absolute atomic E-state index is 0.138. The number of carbonyl (C=O) groups is 1. The van der Waals surface area contributed by atoms with Gasteiger partial charge in [-0.2, -0.15) is 0 Å². The molecule has 0 saturated heterocycles. The first-order chi connectivity index (χ1) is 11.6. The largest absolute Gasteiger partial charge is 0.475 e. The third-order valence-corrected chi connectivity index (χ3v) is 3.49. The van der Waals surface area contributed by atoms with Crippen LogP contribution >= 0.6 is 0 Å². The van der Waals surface area contributed by atoms with Crippen molar-refractivity contribution in [2.45, 2.75) is 6.54 Å². The monoisotopic (exact) mass is 321 g/mol. The van der Waals surface area contributed by atoms with Crippen molar-refractivity contribution in [2.75, 3.05) is 0 Å². The van der Waals surface area contributed by atoms with Gasteiger partial charge in [-0.25, -0.2) is 4.79 Å². The predicted molar refractivity (Wildman–Crippen MR) is 90.8 cm³/mol. The van der Waals surface area contributed by atoms with Gasteiger partial charge in [-0.3, -0.25) is 4.79 Å². The minimum atomic E-state index is -1.13. The molecule has 1 N–H and O–H groups in total. The lowest BCUT2D eigenvalue weighted by Gasteiger charge is -2.03. The number of hydrogen-bond donors (Lipinski definition) is 1. The third kappa shape index (κ3) is 3.70. The first kappa shape index (κ1) is 15.6. The highest BCUT2D eigenvalue weighted by molar-refractivity contribution is 5.84. The SMILES string of the molecule is O=C(O)c1ccc(Cn2ccc(/C=C/c3ccccc3)cc2=O)o1. The summed E-state index contributed by atoms with van der Waals surface area (Å²) < 4.78 is 6.63. The van der Waals surface area contributed by atoms with Crippen LogP contribution in [-0.4, -0.2) is 15.6 Å². The Morgan fingerprint density at radius 3 is 2.46 bits per heavy atom. The van der Waals surface area contributed by atoms with Gasteiger partial charge in [0.15, 0.2) is 0 Å². The number of carboxylic acids is 1. The van der Waals surface area contributed by atoms with Gasteiger partial charge >= 0.3 is 5.97 Å². The lowest BCUT2D eigenvalue weighted by atomic mass is 10.1. The Bertz CT molecular complexity index is 935. The molecule has 24 heavy (non-hydrogen) atoms. The van der Waals surface area contributed by atoms with Crippen molar-refractivity contribution in [3.8, 4) is 0 Å². The molecule has 0 aliphatic carbocycles. The Balaban J connectivity index is 1.76. The molecule has 120 valence electrons. The average molecular weight is 321 g/mol. The Hall–Kier alpha value is -3.34. The van der Waals surface area contributed by atoms with Gasteiger partial charge in [0.25, 0.3) is 5.56 Å². The zero-order valence-corrected chi connectivity index (χ0v) is 12.8. The van der Waals surface area contributed by atoms with Gasteiger partial charge in [0, 0.05) is 12.3 Å². The molecule has 0 aliphatic heterocycles. The second-order valence-corrected chi connectivity index (χ2v) is 5.24. The lowest BCUT2D eigenvalue weighted by Crippen LogP contribution is -2.18. The molecule has 0 fully saturated rings. The molecule has 0 radical (unpaired) electrons. The number of nitrogens with zero attached hydrogens (tertiary/aromatic N) is 1. The van der Waals surface area contributed by atoms with Crippen molar-refractivity contribution in [1.29, 1.82) is 0 Å². The van der Waals surface area contributed by atoms with Gasteiger partial charge in [-0.15, -0.1) is 0 Å². The van der Waals surface area contributed by atoms with Gasteiger partial charge in [-0.05, 0) is 29.3 Å². The number of aromatic nitrogens is 1. The van der Waals surface area contributed by atoms with E-state index in [1.165, 1.54) is 16.7 Å². The molecule has 5 heteroatoms. The fraction of sp³-hybridized carbons (Fsp3) is 0.0526. The van der Waals surface area contributed by atoms with Crippen LogP contribution in [-0.2, 0) is 6.54 Å². The molecule has 2 heterocycles. The van der Waals surface area contributed by atoms with Crippen molar-refractivity contribution in [1.82, 2.24) is 4.57 Å². The van der Waals surface area contributed by atoms with E-state index in [9.17, 15) is 9.59 Å². The molecule has 0 unspecified atom stereocenters. The summed E-state index contributed by atoms with van der Waals surface area (Å²) >= 11 is 0. The molecule has 0 saturated carbocycles. The summed E-state index contributed by atoms with van der Waals surface area (Å²) in [6.07, 6.45) is 5.47. The van der Waals surface area contributed by atoms with E-state index in [1.54, 1.807) is 12.3 Å². The van der Waals surface area contributed by atoms with Crippen LogP contribution in [0.4, 0.5) is 0 Å². The van der Waals surface area contributed by atoms with Gasteiger partial charge in [0.2, 0.25) is 5.76 Å². The summed E-state index contributed by atoms with van der Waals surface area (Å²) in [7, 11) is 0. The maximum absolute atomic E-state index is 12.2. The summed E-state index contributed by atoms with van der Waals surface area (Å²) in [4.78, 5) is 23.0. The van der Waals surface area contributed by atoms with E-state index in [0.717, 1.165) is 11.1 Å². The number of benzene rings is 1. The Labute approximate surface area is 138 Å². The summed E-state index contributed by atoms with van der Waals surface area (Å²) in [6.45, 7) is 0.189. The molecule has 0 spiro atoms. The van der Waals surface area contributed by atoms with E-state index in [-0.39, 0.29) is 17.9 Å². The number of hydrogen-bond acceptors (Lipinski definition) is 3. The van der Waals surface area contributed by atoms with Crippen LogP contribution in [0.1, 0.15) is 27.4 Å². The van der Waals surface area contributed by atoms with E-state index in [1.807, 2.05) is 48.6 Å². The summed E-state index contributed by atoms with van der Waals surface area (Å²) in [6, 6.07) is 16.1. The Morgan fingerprint density at radius 2 is 1.79 bits per heavy atom. The van der Waals surface area contributed by atoms with Crippen molar-refractivity contribution in [2.24, 2.45) is 0 Å². The van der Waals surface area contributed by atoms with Crippen molar-refractivity contribution < 1.29 is 14.3 Å².